The number of anilines is 1. The van der Waals surface area contributed by atoms with Gasteiger partial charge < -0.3 is 25.2 Å². The molecule has 7 heteroatoms. The molecule has 3 N–H and O–H groups in total. The highest BCUT2D eigenvalue weighted by Crippen LogP contribution is 2.36. The number of carboxylic acids is 1. The van der Waals surface area contributed by atoms with Gasteiger partial charge in [-0.15, -0.1) is 0 Å². The zero-order valence-corrected chi connectivity index (χ0v) is 11.3. The number of benzene rings is 1. The van der Waals surface area contributed by atoms with Crippen molar-refractivity contribution in [2.75, 3.05) is 25.7 Å². The van der Waals surface area contributed by atoms with Gasteiger partial charge in [0.2, 0.25) is 5.91 Å². The van der Waals surface area contributed by atoms with E-state index in [0.29, 0.717) is 11.5 Å². The van der Waals surface area contributed by atoms with Gasteiger partial charge in [0.25, 0.3) is 0 Å². The average molecular weight is 280 g/mol. The molecule has 1 aromatic carbocycles. The Balaban J connectivity index is 2.55. The molecule has 20 heavy (non-hydrogen) atoms. The van der Waals surface area contributed by atoms with Gasteiger partial charge in [0.05, 0.1) is 25.5 Å². The fourth-order valence-corrected chi connectivity index (χ4v) is 2.23. The number of ether oxygens (including phenoxy) is 2. The molecule has 1 aliphatic rings. The van der Waals surface area contributed by atoms with Crippen molar-refractivity contribution in [3.8, 4) is 11.5 Å². The second-order valence-corrected chi connectivity index (χ2v) is 4.50. The largest absolute Gasteiger partial charge is 0.493 e. The van der Waals surface area contributed by atoms with Crippen molar-refractivity contribution >= 4 is 17.6 Å². The number of amides is 1. The summed E-state index contributed by atoms with van der Waals surface area (Å²) >= 11 is 0. The number of aromatic carboxylic acids is 1. The van der Waals surface area contributed by atoms with Gasteiger partial charge in [-0.1, -0.05) is 0 Å². The van der Waals surface area contributed by atoms with Crippen LogP contribution in [0.3, 0.4) is 0 Å². The van der Waals surface area contributed by atoms with Crippen LogP contribution in [0, 0.1) is 0 Å². The van der Waals surface area contributed by atoms with Crippen molar-refractivity contribution in [3.63, 3.8) is 0 Å². The Kier molecular flexibility index (Phi) is 3.80. The van der Waals surface area contributed by atoms with E-state index < -0.39 is 5.97 Å². The van der Waals surface area contributed by atoms with E-state index in [-0.39, 0.29) is 36.2 Å². The maximum absolute atomic E-state index is 11.9. The number of rotatable bonds is 4. The molecule has 108 valence electrons. The third kappa shape index (κ3) is 2.39. The number of carbonyl (C=O) groups excluding carboxylic acids is 1. The van der Waals surface area contributed by atoms with E-state index in [2.05, 4.69) is 0 Å². The Morgan fingerprint density at radius 3 is 2.40 bits per heavy atom. The molecule has 0 spiro atoms. The molecule has 2 rings (SSSR count). The molecule has 1 atom stereocenters. The minimum atomic E-state index is -1.14. The van der Waals surface area contributed by atoms with Crippen LogP contribution in [0.2, 0.25) is 0 Å². The van der Waals surface area contributed by atoms with Gasteiger partial charge in [0, 0.05) is 31.1 Å². The molecule has 0 bridgehead atoms. The maximum Gasteiger partial charge on any atom is 0.337 e. The Labute approximate surface area is 115 Å². The predicted molar refractivity (Wildman–Crippen MR) is 71.5 cm³/mol. The van der Waals surface area contributed by atoms with Gasteiger partial charge in [-0.2, -0.15) is 0 Å². The van der Waals surface area contributed by atoms with Gasteiger partial charge in [0.1, 0.15) is 0 Å². The third-order valence-electron chi connectivity index (χ3n) is 3.18. The van der Waals surface area contributed by atoms with Crippen molar-refractivity contribution in [1.82, 2.24) is 0 Å². The molecule has 0 aromatic heterocycles. The number of hydrogen-bond acceptors (Lipinski definition) is 5. The van der Waals surface area contributed by atoms with E-state index in [1.807, 2.05) is 0 Å². The summed E-state index contributed by atoms with van der Waals surface area (Å²) in [5.41, 5.74) is 5.99. The molecule has 1 saturated heterocycles. The second kappa shape index (κ2) is 5.38. The van der Waals surface area contributed by atoms with Crippen LogP contribution in [0.5, 0.6) is 11.5 Å². The first-order valence-corrected chi connectivity index (χ1v) is 6.03. The summed E-state index contributed by atoms with van der Waals surface area (Å²) in [6, 6.07) is 2.53. The standard InChI is InChI=1S/C13H16N2O5/c1-19-10-4-8(13(17)18)9(5-11(10)20-2)15-6-7(14)3-12(15)16/h4-5,7H,3,6,14H2,1-2H3,(H,17,18). The van der Waals surface area contributed by atoms with Gasteiger partial charge >= 0.3 is 5.97 Å². The molecule has 7 nitrogen and oxygen atoms in total. The van der Waals surface area contributed by atoms with Crippen LogP contribution in [0.15, 0.2) is 12.1 Å². The lowest BCUT2D eigenvalue weighted by Crippen LogP contribution is -2.29. The highest BCUT2D eigenvalue weighted by molar-refractivity contribution is 6.04. The van der Waals surface area contributed by atoms with Crippen LogP contribution < -0.4 is 20.1 Å². The zero-order valence-electron chi connectivity index (χ0n) is 11.3. The highest BCUT2D eigenvalue weighted by atomic mass is 16.5. The maximum atomic E-state index is 11.9. The van der Waals surface area contributed by atoms with Crippen LogP contribution >= 0.6 is 0 Å². The summed E-state index contributed by atoms with van der Waals surface area (Å²) in [5, 5.41) is 9.30. The summed E-state index contributed by atoms with van der Waals surface area (Å²) < 4.78 is 10.2. The fraction of sp³-hybridized carbons (Fsp3) is 0.385. The van der Waals surface area contributed by atoms with Crippen molar-refractivity contribution in [3.05, 3.63) is 17.7 Å². The van der Waals surface area contributed by atoms with E-state index in [1.165, 1.54) is 31.3 Å². The molecular formula is C13H16N2O5. The third-order valence-corrected chi connectivity index (χ3v) is 3.18. The van der Waals surface area contributed by atoms with Crippen molar-refractivity contribution < 1.29 is 24.2 Å². The lowest BCUT2D eigenvalue weighted by atomic mass is 10.1. The first-order chi connectivity index (χ1) is 9.47. The Morgan fingerprint density at radius 2 is 1.95 bits per heavy atom. The van der Waals surface area contributed by atoms with Gasteiger partial charge in [-0.05, 0) is 0 Å². The minimum absolute atomic E-state index is 0.0231. The molecule has 1 aliphatic heterocycles. The summed E-state index contributed by atoms with van der Waals surface area (Å²) in [4.78, 5) is 24.6. The van der Waals surface area contributed by atoms with Crippen molar-refractivity contribution in [2.24, 2.45) is 5.73 Å². The van der Waals surface area contributed by atoms with Crippen molar-refractivity contribution in [2.45, 2.75) is 12.5 Å². The molecule has 1 fully saturated rings. The monoisotopic (exact) mass is 280 g/mol. The minimum Gasteiger partial charge on any atom is -0.493 e. The Hall–Kier alpha value is -2.28. The lowest BCUT2D eigenvalue weighted by Gasteiger charge is -2.20. The summed E-state index contributed by atoms with van der Waals surface area (Å²) in [7, 11) is 2.86. The second-order valence-electron chi connectivity index (χ2n) is 4.50. The van der Waals surface area contributed by atoms with Gasteiger partial charge in [-0.3, -0.25) is 4.79 Å². The lowest BCUT2D eigenvalue weighted by molar-refractivity contribution is -0.117. The molecular weight excluding hydrogens is 264 g/mol. The van der Waals surface area contributed by atoms with E-state index in [0.717, 1.165) is 0 Å². The van der Waals surface area contributed by atoms with E-state index >= 15 is 0 Å². The summed E-state index contributed by atoms with van der Waals surface area (Å²) in [5.74, 6) is -0.688. The van der Waals surface area contributed by atoms with Crippen LogP contribution in [0.25, 0.3) is 0 Å². The molecule has 1 amide bonds. The average Bonchev–Trinajstić information content (AvgIpc) is 2.75. The predicted octanol–water partition coefficient (Wildman–Crippen LogP) is 0.466. The van der Waals surface area contributed by atoms with E-state index in [1.54, 1.807) is 0 Å². The van der Waals surface area contributed by atoms with E-state index in [4.69, 9.17) is 15.2 Å². The molecule has 1 aromatic rings. The molecule has 1 unspecified atom stereocenters. The molecule has 0 saturated carbocycles. The van der Waals surface area contributed by atoms with Crippen LogP contribution in [-0.4, -0.2) is 43.8 Å². The first kappa shape index (κ1) is 14.1. The number of carbonyl (C=O) groups is 2. The summed E-state index contributed by atoms with van der Waals surface area (Å²) in [6.07, 6.45) is 0.202. The fourth-order valence-electron chi connectivity index (χ4n) is 2.23. The first-order valence-electron chi connectivity index (χ1n) is 6.03. The van der Waals surface area contributed by atoms with Crippen LogP contribution in [0.4, 0.5) is 5.69 Å². The Morgan fingerprint density at radius 1 is 1.35 bits per heavy atom. The van der Waals surface area contributed by atoms with Gasteiger partial charge in [-0.25, -0.2) is 4.79 Å². The quantitative estimate of drug-likeness (QED) is 0.831. The SMILES string of the molecule is COc1cc(C(=O)O)c(N2CC(N)CC2=O)cc1OC. The van der Waals surface area contributed by atoms with Gasteiger partial charge in [0.15, 0.2) is 11.5 Å². The number of methoxy groups -OCH3 is 2. The van der Waals surface area contributed by atoms with Crippen LogP contribution in [0.1, 0.15) is 16.8 Å². The number of hydrogen-bond donors (Lipinski definition) is 2. The normalized spacial score (nSPS) is 18.2. The zero-order chi connectivity index (χ0) is 14.9. The smallest absolute Gasteiger partial charge is 0.337 e. The number of carboxylic acid groups (broad SMARTS) is 1. The Bertz CT molecular complexity index is 558. The molecule has 1 heterocycles. The van der Waals surface area contributed by atoms with Crippen LogP contribution in [-0.2, 0) is 4.79 Å². The topological polar surface area (TPSA) is 102 Å². The number of nitrogens with zero attached hydrogens (tertiary/aromatic N) is 1. The highest BCUT2D eigenvalue weighted by Gasteiger charge is 2.31. The van der Waals surface area contributed by atoms with E-state index in [9.17, 15) is 14.7 Å². The number of nitrogens with two attached hydrogens (primary N) is 1. The molecule has 0 radical (unpaired) electrons. The summed E-state index contributed by atoms with van der Waals surface area (Å²) in [6.45, 7) is 0.286. The molecule has 0 aliphatic carbocycles. The van der Waals surface area contributed by atoms with Crippen molar-refractivity contribution in [1.29, 1.82) is 0 Å².